The van der Waals surface area contributed by atoms with E-state index in [9.17, 15) is 4.79 Å². The van der Waals surface area contributed by atoms with Crippen LogP contribution in [-0.2, 0) is 4.79 Å². The smallest absolute Gasteiger partial charge is 0.226 e. The Hall–Kier alpha value is -1.33. The molecule has 6 heteroatoms. The van der Waals surface area contributed by atoms with Crippen LogP contribution in [0, 0.1) is 0 Å². The molecule has 1 heterocycles. The predicted octanol–water partition coefficient (Wildman–Crippen LogP) is 3.70. The van der Waals surface area contributed by atoms with Gasteiger partial charge in [0.15, 0.2) is 5.13 Å². The summed E-state index contributed by atoms with van der Waals surface area (Å²) in [6.45, 7) is 1.96. The summed E-state index contributed by atoms with van der Waals surface area (Å²) in [5, 5.41) is 3.88. The number of amides is 1. The minimum absolute atomic E-state index is 0.0189. The van der Waals surface area contributed by atoms with Gasteiger partial charge >= 0.3 is 0 Å². The van der Waals surface area contributed by atoms with E-state index < -0.39 is 0 Å². The third-order valence-electron chi connectivity index (χ3n) is 2.39. The highest BCUT2D eigenvalue weighted by Crippen LogP contribution is 2.34. The van der Waals surface area contributed by atoms with Crippen molar-refractivity contribution >= 4 is 44.2 Å². The molecule has 0 bridgehead atoms. The van der Waals surface area contributed by atoms with Crippen LogP contribution in [0.4, 0.5) is 5.13 Å². The molecule has 4 nitrogen and oxygen atoms in total. The first-order chi connectivity index (χ1) is 8.63. The second kappa shape index (κ2) is 5.54. The van der Waals surface area contributed by atoms with Gasteiger partial charge in [0, 0.05) is 12.5 Å². The van der Waals surface area contributed by atoms with E-state index in [-0.39, 0.29) is 5.91 Å². The molecule has 0 spiro atoms. The molecule has 1 aromatic carbocycles. The molecular weight excluding hydrogens is 272 g/mol. The fourth-order valence-corrected chi connectivity index (χ4v) is 2.68. The van der Waals surface area contributed by atoms with Gasteiger partial charge in [0.1, 0.15) is 5.75 Å². The number of nitrogens with one attached hydrogen (secondary N) is 1. The topological polar surface area (TPSA) is 51.2 Å². The number of anilines is 1. The highest BCUT2D eigenvalue weighted by Gasteiger charge is 2.10. The van der Waals surface area contributed by atoms with E-state index in [0.717, 1.165) is 16.6 Å². The molecule has 0 aliphatic carbocycles. The van der Waals surface area contributed by atoms with Crippen LogP contribution in [0.15, 0.2) is 12.1 Å². The third-order valence-corrected chi connectivity index (χ3v) is 3.61. The average Bonchev–Trinajstić information content (AvgIpc) is 2.69. The minimum atomic E-state index is -0.0189. The maximum atomic E-state index is 11.5. The Balaban J connectivity index is 2.29. The van der Waals surface area contributed by atoms with Crippen molar-refractivity contribution < 1.29 is 9.53 Å². The Morgan fingerprint density at radius 3 is 3.00 bits per heavy atom. The standard InChI is InChI=1S/C12H13ClN2O2S/c1-3-4-11(16)15-12-14-8-5-7(13)9(17-2)6-10(8)18-12/h5-6H,3-4H2,1-2H3,(H,14,15,16). The number of carbonyl (C=O) groups is 1. The molecule has 0 saturated carbocycles. The largest absolute Gasteiger partial charge is 0.495 e. The molecule has 1 N–H and O–H groups in total. The van der Waals surface area contributed by atoms with Crippen LogP contribution in [0.5, 0.6) is 5.75 Å². The Morgan fingerprint density at radius 1 is 1.56 bits per heavy atom. The molecule has 96 valence electrons. The zero-order valence-corrected chi connectivity index (χ0v) is 11.7. The maximum Gasteiger partial charge on any atom is 0.226 e. The van der Waals surface area contributed by atoms with E-state index in [2.05, 4.69) is 10.3 Å². The molecule has 0 aliphatic heterocycles. The number of thiazole rings is 1. The van der Waals surface area contributed by atoms with Crippen molar-refractivity contribution in [1.82, 2.24) is 4.98 Å². The SMILES string of the molecule is CCCC(=O)Nc1nc2cc(Cl)c(OC)cc2s1. The first kappa shape index (κ1) is 13.1. The molecule has 1 amide bonds. The maximum absolute atomic E-state index is 11.5. The zero-order valence-electron chi connectivity index (χ0n) is 10.1. The van der Waals surface area contributed by atoms with Crippen LogP contribution in [-0.4, -0.2) is 18.0 Å². The van der Waals surface area contributed by atoms with Crippen LogP contribution in [0.1, 0.15) is 19.8 Å². The molecular formula is C12H13ClN2O2S. The summed E-state index contributed by atoms with van der Waals surface area (Å²) in [5.41, 5.74) is 0.762. The van der Waals surface area contributed by atoms with Gasteiger partial charge in [-0.1, -0.05) is 29.9 Å². The van der Waals surface area contributed by atoms with E-state index in [1.807, 2.05) is 13.0 Å². The lowest BCUT2D eigenvalue weighted by Gasteiger charge is -2.00. The molecule has 0 aliphatic rings. The van der Waals surface area contributed by atoms with Crippen molar-refractivity contribution in [2.24, 2.45) is 0 Å². The fourth-order valence-electron chi connectivity index (χ4n) is 1.55. The lowest BCUT2D eigenvalue weighted by atomic mass is 10.3. The Morgan fingerprint density at radius 2 is 2.33 bits per heavy atom. The van der Waals surface area contributed by atoms with Gasteiger partial charge in [-0.2, -0.15) is 0 Å². The number of benzene rings is 1. The van der Waals surface area contributed by atoms with Crippen LogP contribution < -0.4 is 10.1 Å². The number of fused-ring (bicyclic) bond motifs is 1. The molecule has 0 radical (unpaired) electrons. The highest BCUT2D eigenvalue weighted by molar-refractivity contribution is 7.22. The number of aromatic nitrogens is 1. The number of hydrogen-bond acceptors (Lipinski definition) is 4. The van der Waals surface area contributed by atoms with Crippen molar-refractivity contribution in [2.45, 2.75) is 19.8 Å². The first-order valence-electron chi connectivity index (χ1n) is 5.58. The summed E-state index contributed by atoms with van der Waals surface area (Å²) in [5.74, 6) is 0.592. The van der Waals surface area contributed by atoms with Gasteiger partial charge in [0.25, 0.3) is 0 Å². The summed E-state index contributed by atoms with van der Waals surface area (Å²) in [6, 6.07) is 3.56. The fraction of sp³-hybridized carbons (Fsp3) is 0.333. The highest BCUT2D eigenvalue weighted by atomic mass is 35.5. The molecule has 1 aromatic heterocycles. The molecule has 2 aromatic rings. The molecule has 0 atom stereocenters. The van der Waals surface area contributed by atoms with Crippen LogP contribution >= 0.6 is 22.9 Å². The van der Waals surface area contributed by atoms with E-state index >= 15 is 0 Å². The van der Waals surface area contributed by atoms with Gasteiger partial charge < -0.3 is 10.1 Å². The van der Waals surface area contributed by atoms with Crippen molar-refractivity contribution in [3.8, 4) is 5.75 Å². The van der Waals surface area contributed by atoms with E-state index in [1.54, 1.807) is 13.2 Å². The van der Waals surface area contributed by atoms with Crippen LogP contribution in [0.25, 0.3) is 10.2 Å². The zero-order chi connectivity index (χ0) is 13.1. The Bertz CT molecular complexity index is 583. The molecule has 0 unspecified atom stereocenters. The summed E-state index contributed by atoms with van der Waals surface area (Å²) in [4.78, 5) is 15.8. The van der Waals surface area contributed by atoms with Crippen molar-refractivity contribution in [2.75, 3.05) is 12.4 Å². The summed E-state index contributed by atoms with van der Waals surface area (Å²) in [6.07, 6.45) is 1.32. The second-order valence-electron chi connectivity index (χ2n) is 3.77. The van der Waals surface area contributed by atoms with Gasteiger partial charge in [0.05, 0.1) is 22.3 Å². The first-order valence-corrected chi connectivity index (χ1v) is 6.77. The van der Waals surface area contributed by atoms with Crippen molar-refractivity contribution in [1.29, 1.82) is 0 Å². The molecule has 0 fully saturated rings. The number of halogens is 1. The van der Waals surface area contributed by atoms with Gasteiger partial charge in [-0.3, -0.25) is 4.79 Å². The van der Waals surface area contributed by atoms with Gasteiger partial charge in [0.2, 0.25) is 5.91 Å². The predicted molar refractivity (Wildman–Crippen MR) is 74.7 cm³/mol. The van der Waals surface area contributed by atoms with Crippen LogP contribution in [0.3, 0.4) is 0 Å². The van der Waals surface area contributed by atoms with Crippen molar-refractivity contribution in [3.63, 3.8) is 0 Å². The Labute approximate surface area is 114 Å². The van der Waals surface area contributed by atoms with E-state index in [1.165, 1.54) is 11.3 Å². The normalized spacial score (nSPS) is 10.6. The van der Waals surface area contributed by atoms with Crippen molar-refractivity contribution in [3.05, 3.63) is 17.2 Å². The van der Waals surface area contributed by atoms with Gasteiger partial charge in [-0.25, -0.2) is 4.98 Å². The summed E-state index contributed by atoms with van der Waals surface area (Å²) >= 11 is 7.43. The number of nitrogens with zero attached hydrogens (tertiary/aromatic N) is 1. The monoisotopic (exact) mass is 284 g/mol. The average molecular weight is 285 g/mol. The van der Waals surface area contributed by atoms with Crippen LogP contribution in [0.2, 0.25) is 5.02 Å². The molecule has 0 saturated heterocycles. The quantitative estimate of drug-likeness (QED) is 0.931. The second-order valence-corrected chi connectivity index (χ2v) is 5.21. The number of methoxy groups -OCH3 is 1. The van der Waals surface area contributed by atoms with Gasteiger partial charge in [-0.15, -0.1) is 0 Å². The third kappa shape index (κ3) is 2.73. The van der Waals surface area contributed by atoms with Gasteiger partial charge in [-0.05, 0) is 12.5 Å². The summed E-state index contributed by atoms with van der Waals surface area (Å²) in [7, 11) is 1.57. The lowest BCUT2D eigenvalue weighted by molar-refractivity contribution is -0.116. The number of hydrogen-bond donors (Lipinski definition) is 1. The van der Waals surface area contributed by atoms with E-state index in [0.29, 0.717) is 22.3 Å². The number of rotatable bonds is 4. The molecule has 2 rings (SSSR count). The number of carbonyl (C=O) groups excluding carboxylic acids is 1. The Kier molecular flexibility index (Phi) is 4.04. The summed E-state index contributed by atoms with van der Waals surface area (Å²) < 4.78 is 6.07. The lowest BCUT2D eigenvalue weighted by Crippen LogP contribution is -2.09. The minimum Gasteiger partial charge on any atom is -0.495 e. The molecule has 18 heavy (non-hydrogen) atoms. The number of ether oxygens (including phenoxy) is 1. The van der Waals surface area contributed by atoms with E-state index in [4.69, 9.17) is 16.3 Å².